The minimum atomic E-state index is 0.203. The molecule has 0 radical (unpaired) electrons. The van der Waals surface area contributed by atoms with Gasteiger partial charge in [-0.1, -0.05) is 6.07 Å². The summed E-state index contributed by atoms with van der Waals surface area (Å²) in [5.41, 5.74) is 1.18. The maximum Gasteiger partial charge on any atom is 0.222 e. The number of benzene rings is 1. The molecule has 0 unspecified atom stereocenters. The van der Waals surface area contributed by atoms with Crippen LogP contribution in [-0.2, 0) is 9.53 Å². The number of ether oxygens (including phenoxy) is 2. The molecule has 1 aliphatic rings. The average molecular weight is 378 g/mol. The van der Waals surface area contributed by atoms with Crippen LogP contribution in [0.2, 0.25) is 0 Å². The van der Waals surface area contributed by atoms with E-state index in [1.807, 2.05) is 20.2 Å². The largest absolute Gasteiger partial charge is 0.492 e. The number of unbranched alkanes of at least 4 members (excludes halogenated alkanes) is 1. The Morgan fingerprint density at radius 3 is 2.70 bits per heavy atom. The van der Waals surface area contributed by atoms with Crippen LogP contribution in [0.15, 0.2) is 24.3 Å². The number of hydrogen-bond acceptors (Lipinski definition) is 5. The molecule has 0 N–H and O–H groups in total. The summed E-state index contributed by atoms with van der Waals surface area (Å²) in [4.78, 5) is 18.1. The van der Waals surface area contributed by atoms with E-state index in [1.165, 1.54) is 5.69 Å². The average Bonchev–Trinajstić information content (AvgIpc) is 2.69. The van der Waals surface area contributed by atoms with Crippen LogP contribution in [0.3, 0.4) is 0 Å². The van der Waals surface area contributed by atoms with Crippen LogP contribution in [0.4, 0.5) is 5.69 Å². The predicted molar refractivity (Wildman–Crippen MR) is 110 cm³/mol. The van der Waals surface area contributed by atoms with Gasteiger partial charge >= 0.3 is 0 Å². The van der Waals surface area contributed by atoms with Crippen molar-refractivity contribution in [3.05, 3.63) is 24.3 Å². The molecule has 27 heavy (non-hydrogen) atoms. The summed E-state index contributed by atoms with van der Waals surface area (Å²) in [5.74, 6) is 1.12. The predicted octanol–water partition coefficient (Wildman–Crippen LogP) is 2.48. The fourth-order valence-corrected chi connectivity index (χ4v) is 3.16. The highest BCUT2D eigenvalue weighted by atomic mass is 16.5. The molecule has 0 atom stereocenters. The van der Waals surface area contributed by atoms with Crippen LogP contribution in [-0.4, -0.2) is 82.3 Å². The Kier molecular flexibility index (Phi) is 9.42. The van der Waals surface area contributed by atoms with E-state index in [2.05, 4.69) is 34.9 Å². The van der Waals surface area contributed by atoms with Crippen LogP contribution in [0, 0.1) is 0 Å². The molecule has 1 amide bonds. The Morgan fingerprint density at radius 1 is 1.22 bits per heavy atom. The number of hydrogen-bond donors (Lipinski definition) is 0. The second-order valence-electron chi connectivity index (χ2n) is 7.12. The smallest absolute Gasteiger partial charge is 0.222 e. The first-order valence-corrected chi connectivity index (χ1v) is 10.1. The van der Waals surface area contributed by atoms with E-state index in [0.29, 0.717) is 13.0 Å². The molecule has 1 aromatic rings. The van der Waals surface area contributed by atoms with Crippen molar-refractivity contribution in [3.8, 4) is 5.75 Å². The third kappa shape index (κ3) is 7.77. The molecule has 0 bridgehead atoms. The van der Waals surface area contributed by atoms with Gasteiger partial charge in [-0.2, -0.15) is 0 Å². The summed E-state index contributed by atoms with van der Waals surface area (Å²) < 4.78 is 11.3. The highest BCUT2D eigenvalue weighted by Gasteiger charge is 2.11. The van der Waals surface area contributed by atoms with Gasteiger partial charge in [0.1, 0.15) is 12.4 Å². The van der Waals surface area contributed by atoms with Crippen molar-refractivity contribution in [1.82, 2.24) is 9.80 Å². The molecule has 0 aromatic heterocycles. The molecule has 152 valence electrons. The summed E-state index contributed by atoms with van der Waals surface area (Å²) in [6, 6.07) is 8.32. The lowest BCUT2D eigenvalue weighted by molar-refractivity contribution is -0.128. The van der Waals surface area contributed by atoms with Crippen molar-refractivity contribution in [2.24, 2.45) is 0 Å². The number of rotatable bonds is 11. The van der Waals surface area contributed by atoms with Gasteiger partial charge < -0.3 is 19.3 Å². The molecule has 1 fully saturated rings. The lowest BCUT2D eigenvalue weighted by atomic mass is 10.2. The SMILES string of the molecule is CCN(CCCCC(=O)N(C)C)c1cccc(OCCN2CCOCC2)c1. The van der Waals surface area contributed by atoms with Gasteiger partial charge in [-0.05, 0) is 31.9 Å². The third-order valence-corrected chi connectivity index (χ3v) is 4.91. The lowest BCUT2D eigenvalue weighted by Crippen LogP contribution is -2.38. The van der Waals surface area contributed by atoms with Gasteiger partial charge in [-0.25, -0.2) is 0 Å². The summed E-state index contributed by atoms with van der Waals surface area (Å²) >= 11 is 0. The van der Waals surface area contributed by atoms with E-state index in [0.717, 1.165) is 64.5 Å². The van der Waals surface area contributed by atoms with Crippen LogP contribution in [0.5, 0.6) is 5.75 Å². The van der Waals surface area contributed by atoms with Crippen molar-refractivity contribution in [2.75, 3.05) is 71.5 Å². The van der Waals surface area contributed by atoms with Gasteiger partial charge in [0, 0.05) is 65.0 Å². The van der Waals surface area contributed by atoms with Gasteiger partial charge in [-0.15, -0.1) is 0 Å². The van der Waals surface area contributed by atoms with E-state index in [4.69, 9.17) is 9.47 Å². The Balaban J connectivity index is 1.76. The maximum atomic E-state index is 11.7. The Hall–Kier alpha value is -1.79. The Morgan fingerprint density at radius 2 is 2.00 bits per heavy atom. The zero-order chi connectivity index (χ0) is 19.5. The molecule has 0 aliphatic carbocycles. The summed E-state index contributed by atoms with van der Waals surface area (Å²) in [7, 11) is 3.62. The molecule has 0 saturated carbocycles. The van der Waals surface area contributed by atoms with Crippen LogP contribution in [0.1, 0.15) is 26.2 Å². The molecule has 1 saturated heterocycles. The van der Waals surface area contributed by atoms with Gasteiger partial charge in [0.25, 0.3) is 0 Å². The van der Waals surface area contributed by atoms with Crippen LogP contribution in [0.25, 0.3) is 0 Å². The standard InChI is InChI=1S/C21H35N3O3/c1-4-24(11-6-5-10-21(25)22(2)3)19-8-7-9-20(18-19)27-17-14-23-12-15-26-16-13-23/h7-9,18H,4-6,10-17H2,1-3H3. The fraction of sp³-hybridized carbons (Fsp3) is 0.667. The fourth-order valence-electron chi connectivity index (χ4n) is 3.16. The van der Waals surface area contributed by atoms with Gasteiger partial charge in [-0.3, -0.25) is 9.69 Å². The maximum absolute atomic E-state index is 11.7. The molecule has 0 spiro atoms. The van der Waals surface area contributed by atoms with E-state index in [9.17, 15) is 4.79 Å². The van der Waals surface area contributed by atoms with Gasteiger partial charge in [0.15, 0.2) is 0 Å². The molecule has 1 aromatic carbocycles. The third-order valence-electron chi connectivity index (χ3n) is 4.91. The molecule has 1 aliphatic heterocycles. The zero-order valence-corrected chi connectivity index (χ0v) is 17.2. The second kappa shape index (κ2) is 11.8. The highest BCUT2D eigenvalue weighted by molar-refractivity contribution is 5.75. The first kappa shape index (κ1) is 21.5. The van der Waals surface area contributed by atoms with E-state index >= 15 is 0 Å². The van der Waals surface area contributed by atoms with Crippen molar-refractivity contribution in [1.29, 1.82) is 0 Å². The van der Waals surface area contributed by atoms with E-state index < -0.39 is 0 Å². The van der Waals surface area contributed by atoms with E-state index in [-0.39, 0.29) is 5.91 Å². The first-order valence-electron chi connectivity index (χ1n) is 10.1. The normalized spacial score (nSPS) is 14.8. The number of carbonyl (C=O) groups is 1. The summed E-state index contributed by atoms with van der Waals surface area (Å²) in [6.45, 7) is 9.31. The van der Waals surface area contributed by atoms with Gasteiger partial charge in [0.05, 0.1) is 13.2 Å². The first-order chi connectivity index (χ1) is 13.1. The molecule has 2 rings (SSSR count). The zero-order valence-electron chi connectivity index (χ0n) is 17.2. The number of carbonyl (C=O) groups excluding carboxylic acids is 1. The van der Waals surface area contributed by atoms with Crippen LogP contribution >= 0.6 is 0 Å². The molecule has 6 heteroatoms. The molecule has 1 heterocycles. The minimum absolute atomic E-state index is 0.203. The lowest BCUT2D eigenvalue weighted by Gasteiger charge is -2.26. The number of amides is 1. The number of morpholine rings is 1. The quantitative estimate of drug-likeness (QED) is 0.555. The molecule has 6 nitrogen and oxygen atoms in total. The Labute approximate surface area is 164 Å². The molecular formula is C21H35N3O3. The monoisotopic (exact) mass is 377 g/mol. The summed E-state index contributed by atoms with van der Waals surface area (Å²) in [6.07, 6.45) is 2.55. The van der Waals surface area contributed by atoms with Crippen molar-refractivity contribution < 1.29 is 14.3 Å². The van der Waals surface area contributed by atoms with Gasteiger partial charge in [0.2, 0.25) is 5.91 Å². The van der Waals surface area contributed by atoms with Crippen molar-refractivity contribution >= 4 is 11.6 Å². The Bertz CT molecular complexity index is 559. The number of nitrogens with zero attached hydrogens (tertiary/aromatic N) is 3. The van der Waals surface area contributed by atoms with E-state index in [1.54, 1.807) is 4.90 Å². The van der Waals surface area contributed by atoms with Crippen molar-refractivity contribution in [3.63, 3.8) is 0 Å². The second-order valence-corrected chi connectivity index (χ2v) is 7.12. The van der Waals surface area contributed by atoms with Crippen LogP contribution < -0.4 is 9.64 Å². The highest BCUT2D eigenvalue weighted by Crippen LogP contribution is 2.22. The molecular weight excluding hydrogens is 342 g/mol. The minimum Gasteiger partial charge on any atom is -0.492 e. The summed E-state index contributed by atoms with van der Waals surface area (Å²) in [5, 5.41) is 0. The van der Waals surface area contributed by atoms with Crippen molar-refractivity contribution in [2.45, 2.75) is 26.2 Å². The number of anilines is 1. The topological polar surface area (TPSA) is 45.2 Å².